The normalized spacial score (nSPS) is 16.5. The standard InChI is InChI=1S/C24H28N4O2/c1-3-30-24-22(26-20-11-4-5-12-21(20)27-24)28-13-7-10-19(16-28)23(29)25-15-18-9-6-8-17(2)14-18/h4-6,8-9,11-12,14,19H,3,7,10,13,15-16H2,1-2H3,(H,25,29)/t19-/m0/s1. The molecule has 4 rings (SSSR count). The van der Waals surface area contributed by atoms with Crippen LogP contribution in [0.5, 0.6) is 5.88 Å². The van der Waals surface area contributed by atoms with Crippen molar-refractivity contribution in [3.05, 3.63) is 59.7 Å². The number of hydrogen-bond acceptors (Lipinski definition) is 5. The molecule has 0 bridgehead atoms. The van der Waals surface area contributed by atoms with E-state index in [2.05, 4.69) is 34.3 Å². The minimum absolute atomic E-state index is 0.0775. The molecule has 2 aromatic carbocycles. The number of para-hydroxylation sites is 2. The molecule has 1 aliphatic rings. The highest BCUT2D eigenvalue weighted by Crippen LogP contribution is 2.30. The number of piperidine rings is 1. The molecule has 0 spiro atoms. The molecule has 0 radical (unpaired) electrons. The summed E-state index contributed by atoms with van der Waals surface area (Å²) in [5.41, 5.74) is 3.97. The quantitative estimate of drug-likeness (QED) is 0.676. The molecule has 1 atom stereocenters. The smallest absolute Gasteiger partial charge is 0.258 e. The SMILES string of the molecule is CCOc1nc2ccccc2nc1N1CCC[C@H](C(=O)NCc2cccc(C)c2)C1. The van der Waals surface area contributed by atoms with E-state index in [0.29, 0.717) is 25.6 Å². The first kappa shape index (κ1) is 20.1. The highest BCUT2D eigenvalue weighted by atomic mass is 16.5. The van der Waals surface area contributed by atoms with Gasteiger partial charge in [0.15, 0.2) is 5.82 Å². The number of nitrogens with zero attached hydrogens (tertiary/aromatic N) is 3. The first-order valence-corrected chi connectivity index (χ1v) is 10.6. The fourth-order valence-corrected chi connectivity index (χ4v) is 3.95. The van der Waals surface area contributed by atoms with Gasteiger partial charge in [0.1, 0.15) is 0 Å². The summed E-state index contributed by atoms with van der Waals surface area (Å²) in [6.07, 6.45) is 1.81. The van der Waals surface area contributed by atoms with Gasteiger partial charge >= 0.3 is 0 Å². The van der Waals surface area contributed by atoms with Crippen molar-refractivity contribution in [1.82, 2.24) is 15.3 Å². The van der Waals surface area contributed by atoms with Gasteiger partial charge in [0.2, 0.25) is 5.91 Å². The average Bonchev–Trinajstić information content (AvgIpc) is 2.77. The maximum atomic E-state index is 12.9. The number of carbonyl (C=O) groups excluding carboxylic acids is 1. The Hall–Kier alpha value is -3.15. The lowest BCUT2D eigenvalue weighted by atomic mass is 9.97. The molecule has 2 heterocycles. The molecule has 1 saturated heterocycles. The van der Waals surface area contributed by atoms with Crippen molar-refractivity contribution < 1.29 is 9.53 Å². The van der Waals surface area contributed by atoms with Crippen LogP contribution in [0.2, 0.25) is 0 Å². The molecule has 1 aliphatic heterocycles. The lowest BCUT2D eigenvalue weighted by Gasteiger charge is -2.33. The van der Waals surface area contributed by atoms with Crippen LogP contribution < -0.4 is 15.0 Å². The lowest BCUT2D eigenvalue weighted by Crippen LogP contribution is -2.43. The Kier molecular flexibility index (Phi) is 6.12. The van der Waals surface area contributed by atoms with Crippen LogP contribution in [0.3, 0.4) is 0 Å². The van der Waals surface area contributed by atoms with Crippen molar-refractivity contribution >= 4 is 22.8 Å². The van der Waals surface area contributed by atoms with Crippen molar-refractivity contribution in [1.29, 1.82) is 0 Å². The molecule has 1 aromatic heterocycles. The molecule has 6 nitrogen and oxygen atoms in total. The fraction of sp³-hybridized carbons (Fsp3) is 0.375. The second-order valence-corrected chi connectivity index (χ2v) is 7.77. The third-order valence-electron chi connectivity index (χ3n) is 5.44. The number of rotatable bonds is 6. The summed E-state index contributed by atoms with van der Waals surface area (Å²) in [4.78, 5) is 24.5. The number of aromatic nitrogens is 2. The Labute approximate surface area is 177 Å². The summed E-state index contributed by atoms with van der Waals surface area (Å²) < 4.78 is 5.79. The molecule has 156 valence electrons. The number of nitrogens with one attached hydrogen (secondary N) is 1. The van der Waals surface area contributed by atoms with Gasteiger partial charge in [-0.2, -0.15) is 0 Å². The molecule has 3 aromatic rings. The van der Waals surface area contributed by atoms with Gasteiger partial charge in [-0.15, -0.1) is 0 Å². The Morgan fingerprint density at radius 3 is 2.73 bits per heavy atom. The van der Waals surface area contributed by atoms with Crippen molar-refractivity contribution in [3.8, 4) is 5.88 Å². The van der Waals surface area contributed by atoms with Crippen LogP contribution in [-0.2, 0) is 11.3 Å². The van der Waals surface area contributed by atoms with E-state index in [0.717, 1.165) is 41.8 Å². The van der Waals surface area contributed by atoms with Crippen molar-refractivity contribution in [2.24, 2.45) is 5.92 Å². The number of aryl methyl sites for hydroxylation is 1. The van der Waals surface area contributed by atoms with E-state index < -0.39 is 0 Å². The molecule has 0 unspecified atom stereocenters. The van der Waals surface area contributed by atoms with Crippen LogP contribution in [0.25, 0.3) is 11.0 Å². The summed E-state index contributed by atoms with van der Waals surface area (Å²) in [5.74, 6) is 1.28. The number of benzene rings is 2. The Bertz CT molecular complexity index is 1040. The molecular weight excluding hydrogens is 376 g/mol. The van der Waals surface area contributed by atoms with E-state index in [1.54, 1.807) is 0 Å². The van der Waals surface area contributed by atoms with E-state index in [9.17, 15) is 4.79 Å². The fourth-order valence-electron chi connectivity index (χ4n) is 3.95. The highest BCUT2D eigenvalue weighted by molar-refractivity contribution is 5.80. The van der Waals surface area contributed by atoms with E-state index in [1.807, 2.05) is 43.3 Å². The lowest BCUT2D eigenvalue weighted by molar-refractivity contribution is -0.125. The number of fused-ring (bicyclic) bond motifs is 1. The molecule has 30 heavy (non-hydrogen) atoms. The molecule has 1 fully saturated rings. The minimum Gasteiger partial charge on any atom is -0.475 e. The highest BCUT2D eigenvalue weighted by Gasteiger charge is 2.28. The molecular formula is C24H28N4O2. The third kappa shape index (κ3) is 4.53. The number of carbonyl (C=O) groups is 1. The zero-order chi connectivity index (χ0) is 20.9. The van der Waals surface area contributed by atoms with Crippen LogP contribution in [0.4, 0.5) is 5.82 Å². The van der Waals surface area contributed by atoms with Crippen molar-refractivity contribution in [2.45, 2.75) is 33.2 Å². The predicted octanol–water partition coefficient (Wildman–Crippen LogP) is 3.87. The van der Waals surface area contributed by atoms with Crippen LogP contribution >= 0.6 is 0 Å². The zero-order valence-electron chi connectivity index (χ0n) is 17.6. The number of anilines is 1. The Morgan fingerprint density at radius 1 is 1.17 bits per heavy atom. The van der Waals surface area contributed by atoms with Crippen molar-refractivity contribution in [3.63, 3.8) is 0 Å². The van der Waals surface area contributed by atoms with E-state index >= 15 is 0 Å². The largest absolute Gasteiger partial charge is 0.475 e. The van der Waals surface area contributed by atoms with Gasteiger partial charge in [0.05, 0.1) is 23.6 Å². The van der Waals surface area contributed by atoms with E-state index in [4.69, 9.17) is 9.72 Å². The van der Waals surface area contributed by atoms with Crippen LogP contribution in [0, 0.1) is 12.8 Å². The number of amides is 1. The molecule has 6 heteroatoms. The van der Waals surface area contributed by atoms with Gasteiger partial charge in [-0.05, 0) is 44.4 Å². The second kappa shape index (κ2) is 9.11. The third-order valence-corrected chi connectivity index (χ3v) is 5.44. The van der Waals surface area contributed by atoms with E-state index in [1.165, 1.54) is 5.56 Å². The topological polar surface area (TPSA) is 67.4 Å². The maximum absolute atomic E-state index is 12.9. The zero-order valence-corrected chi connectivity index (χ0v) is 17.6. The predicted molar refractivity (Wildman–Crippen MR) is 119 cm³/mol. The molecule has 1 amide bonds. The summed E-state index contributed by atoms with van der Waals surface area (Å²) in [6, 6.07) is 16.0. The van der Waals surface area contributed by atoms with Crippen LogP contribution in [0.15, 0.2) is 48.5 Å². The van der Waals surface area contributed by atoms with Gasteiger partial charge in [-0.3, -0.25) is 4.79 Å². The maximum Gasteiger partial charge on any atom is 0.258 e. The minimum atomic E-state index is -0.0775. The Morgan fingerprint density at radius 2 is 1.97 bits per heavy atom. The number of hydrogen-bond donors (Lipinski definition) is 1. The van der Waals surface area contributed by atoms with Gasteiger partial charge < -0.3 is 15.0 Å². The summed E-state index contributed by atoms with van der Waals surface area (Å²) in [5, 5.41) is 3.10. The van der Waals surface area contributed by atoms with Gasteiger partial charge in [0, 0.05) is 19.6 Å². The van der Waals surface area contributed by atoms with Gasteiger partial charge in [-0.1, -0.05) is 42.0 Å². The molecule has 1 N–H and O–H groups in total. The first-order valence-electron chi connectivity index (χ1n) is 10.6. The first-order chi connectivity index (χ1) is 14.6. The van der Waals surface area contributed by atoms with Crippen molar-refractivity contribution in [2.75, 3.05) is 24.6 Å². The summed E-state index contributed by atoms with van der Waals surface area (Å²) in [7, 11) is 0. The molecule has 0 saturated carbocycles. The van der Waals surface area contributed by atoms with Crippen LogP contribution in [0.1, 0.15) is 30.9 Å². The van der Waals surface area contributed by atoms with Gasteiger partial charge in [-0.25, -0.2) is 9.97 Å². The molecule has 0 aliphatic carbocycles. The second-order valence-electron chi connectivity index (χ2n) is 7.77. The Balaban J connectivity index is 1.49. The summed E-state index contributed by atoms with van der Waals surface area (Å²) >= 11 is 0. The monoisotopic (exact) mass is 404 g/mol. The average molecular weight is 405 g/mol. The summed E-state index contributed by atoms with van der Waals surface area (Å²) in [6.45, 7) is 6.54. The van der Waals surface area contributed by atoms with Gasteiger partial charge in [0.25, 0.3) is 5.88 Å². The number of ether oxygens (including phenoxy) is 1. The van der Waals surface area contributed by atoms with Crippen LogP contribution in [-0.4, -0.2) is 35.6 Å². The van der Waals surface area contributed by atoms with E-state index in [-0.39, 0.29) is 11.8 Å².